The summed E-state index contributed by atoms with van der Waals surface area (Å²) in [6.07, 6.45) is -9.34. The Hall–Kier alpha value is -3.06. The molecule has 0 aromatic heterocycles. The Kier molecular flexibility index (Phi) is 8.28. The quantitative estimate of drug-likeness (QED) is 0.345. The molecule has 13 heteroatoms. The van der Waals surface area contributed by atoms with Crippen LogP contribution in [0.15, 0.2) is 48.5 Å². The van der Waals surface area contributed by atoms with Crippen molar-refractivity contribution in [3.05, 3.63) is 65.2 Å². The highest BCUT2D eigenvalue weighted by Gasteiger charge is 2.45. The van der Waals surface area contributed by atoms with Gasteiger partial charge in [0.15, 0.2) is 0 Å². The number of nitrogens with one attached hydrogen (secondary N) is 1. The first-order chi connectivity index (χ1) is 14.9. The lowest BCUT2D eigenvalue weighted by molar-refractivity contribution is -0.197. The average molecular weight is 471 g/mol. The van der Waals surface area contributed by atoms with Crippen molar-refractivity contribution >= 4 is 35.7 Å². The van der Waals surface area contributed by atoms with Crippen LogP contribution < -0.4 is 5.32 Å². The molecule has 0 saturated carbocycles. The molecule has 2 aromatic rings. The third kappa shape index (κ3) is 7.89. The number of rotatable bonds is 8. The van der Waals surface area contributed by atoms with Gasteiger partial charge in [-0.2, -0.15) is 21.6 Å². The molecular weight excluding hydrogens is 454 g/mol. The van der Waals surface area contributed by atoms with E-state index in [1.807, 2.05) is 0 Å². The van der Waals surface area contributed by atoms with Crippen LogP contribution in [-0.2, 0) is 32.5 Å². The second-order valence-electron chi connectivity index (χ2n) is 6.45. The smallest absolute Gasteiger partial charge is 0.426 e. The van der Waals surface area contributed by atoms with Crippen molar-refractivity contribution in [2.75, 3.05) is 11.1 Å². The maximum atomic E-state index is 12.9. The maximum Gasteiger partial charge on any atom is 0.426 e. The van der Waals surface area contributed by atoms with Crippen molar-refractivity contribution in [1.29, 1.82) is 0 Å². The van der Waals surface area contributed by atoms with Gasteiger partial charge < -0.3 is 9.47 Å². The van der Waals surface area contributed by atoms with Gasteiger partial charge in [0.25, 0.3) is 10.1 Å². The molecule has 2 N–H and O–H groups in total. The molecule has 2 aromatic carbocycles. The van der Waals surface area contributed by atoms with E-state index in [-0.39, 0.29) is 29.7 Å². The van der Waals surface area contributed by atoms with E-state index >= 15 is 0 Å². The normalized spacial score (nSPS) is 12.6. The van der Waals surface area contributed by atoms with Gasteiger partial charge in [-0.3, -0.25) is 9.87 Å². The van der Waals surface area contributed by atoms with E-state index in [1.54, 1.807) is 30.3 Å². The second-order valence-corrected chi connectivity index (χ2v) is 7.94. The Morgan fingerprint density at radius 3 is 2.34 bits per heavy atom. The zero-order chi connectivity index (χ0) is 23.9. The molecule has 2 rings (SSSR count). The zero-order valence-electron chi connectivity index (χ0n) is 16.3. The number of ether oxygens (including phenoxy) is 2. The van der Waals surface area contributed by atoms with Crippen LogP contribution in [0.4, 0.5) is 23.7 Å². The third-order valence-corrected chi connectivity index (χ3v) is 4.71. The van der Waals surface area contributed by atoms with Crippen molar-refractivity contribution in [3.63, 3.8) is 0 Å². The highest BCUT2D eigenvalue weighted by Crippen LogP contribution is 2.26. The van der Waals surface area contributed by atoms with Crippen molar-refractivity contribution in [3.8, 4) is 0 Å². The number of benzene rings is 2. The van der Waals surface area contributed by atoms with Gasteiger partial charge in [-0.1, -0.05) is 36.7 Å². The molecule has 0 spiro atoms. The summed E-state index contributed by atoms with van der Waals surface area (Å²) in [4.78, 5) is 24.1. The van der Waals surface area contributed by atoms with E-state index in [4.69, 9.17) is 17.1 Å². The van der Waals surface area contributed by atoms with Crippen molar-refractivity contribution in [2.24, 2.45) is 0 Å². The molecule has 0 aliphatic rings. The molecule has 0 bridgehead atoms. The van der Waals surface area contributed by atoms with Crippen LogP contribution in [0, 0.1) is 0 Å². The molecule has 0 aliphatic carbocycles. The van der Waals surface area contributed by atoms with E-state index < -0.39 is 40.2 Å². The molecule has 0 heterocycles. The van der Waals surface area contributed by atoms with E-state index in [1.165, 1.54) is 6.07 Å². The molecule has 2 radical (unpaired) electrons. The lowest BCUT2D eigenvalue weighted by Crippen LogP contribution is -2.39. The highest BCUT2D eigenvalue weighted by atomic mass is 32.2. The molecule has 0 saturated heterocycles. The van der Waals surface area contributed by atoms with Crippen LogP contribution in [0.1, 0.15) is 21.5 Å². The summed E-state index contributed by atoms with van der Waals surface area (Å²) in [6.45, 7) is -0.0123. The predicted octanol–water partition coefficient (Wildman–Crippen LogP) is 3.08. The topological polar surface area (TPSA) is 119 Å². The van der Waals surface area contributed by atoms with E-state index in [0.29, 0.717) is 0 Å². The van der Waals surface area contributed by atoms with Crippen LogP contribution in [-0.4, -0.2) is 50.9 Å². The minimum atomic E-state index is -5.23. The Labute approximate surface area is 182 Å². The highest BCUT2D eigenvalue weighted by molar-refractivity contribution is 7.85. The first kappa shape index (κ1) is 25.2. The number of carbonyl (C=O) groups excluding carboxylic acids is 2. The molecule has 32 heavy (non-hydrogen) atoms. The molecule has 170 valence electrons. The van der Waals surface area contributed by atoms with Gasteiger partial charge in [-0.05, 0) is 29.3 Å². The number of esters is 1. The van der Waals surface area contributed by atoms with Crippen LogP contribution in [0.3, 0.4) is 0 Å². The van der Waals surface area contributed by atoms with Crippen molar-refractivity contribution in [2.45, 2.75) is 25.2 Å². The second kappa shape index (κ2) is 10.5. The summed E-state index contributed by atoms with van der Waals surface area (Å²) < 4.78 is 78.4. The number of anilines is 1. The van der Waals surface area contributed by atoms with E-state index in [0.717, 1.165) is 17.7 Å². The molecule has 0 fully saturated rings. The minimum absolute atomic E-state index is 0.0123. The first-order valence-electron chi connectivity index (χ1n) is 8.92. The number of amides is 1. The zero-order valence-corrected chi connectivity index (χ0v) is 17.2. The minimum Gasteiger partial charge on any atom is -0.448 e. The number of carbonyl (C=O) groups is 2. The van der Waals surface area contributed by atoms with Crippen LogP contribution >= 0.6 is 0 Å². The first-order valence-corrected chi connectivity index (χ1v) is 10.5. The number of halogens is 3. The summed E-state index contributed by atoms with van der Waals surface area (Å²) in [5.41, 5.74) is 0.684. The van der Waals surface area contributed by atoms with Gasteiger partial charge in [-0.25, -0.2) is 9.59 Å². The van der Waals surface area contributed by atoms with Crippen LogP contribution in [0.2, 0.25) is 0 Å². The van der Waals surface area contributed by atoms with Gasteiger partial charge in [0.05, 0.1) is 13.4 Å². The van der Waals surface area contributed by atoms with E-state index in [9.17, 15) is 31.2 Å². The maximum absolute atomic E-state index is 12.9. The molecule has 1 unspecified atom stereocenters. The predicted molar refractivity (Wildman–Crippen MR) is 108 cm³/mol. The van der Waals surface area contributed by atoms with Gasteiger partial charge in [0.1, 0.15) is 12.4 Å². The molecule has 1 amide bonds. The number of hydrogen-bond donors (Lipinski definition) is 2. The summed E-state index contributed by atoms with van der Waals surface area (Å²) >= 11 is 0. The number of hydrogen-bond acceptors (Lipinski definition) is 6. The van der Waals surface area contributed by atoms with Gasteiger partial charge in [0.2, 0.25) is 6.10 Å². The van der Waals surface area contributed by atoms with Gasteiger partial charge >= 0.3 is 18.2 Å². The molecule has 1 atom stereocenters. The molecular formula is C19H17BF3NO7S. The van der Waals surface area contributed by atoms with Gasteiger partial charge in [-0.15, -0.1) is 0 Å². The average Bonchev–Trinajstić information content (AvgIpc) is 2.71. The standard InChI is InChI=1S/C19H17BF3NO7S/c20-9-14-8-13(17(25)31-16(19(21,22)23)11-32(27,28)29)6-7-15(14)24-18(26)30-10-12-4-2-1-3-5-12/h1-8,16H,9-11H2,(H,24,26)(H,27,28,29). The Morgan fingerprint density at radius 2 is 1.78 bits per heavy atom. The van der Waals surface area contributed by atoms with Crippen LogP contribution in [0.25, 0.3) is 0 Å². The monoisotopic (exact) mass is 471 g/mol. The summed E-state index contributed by atoms with van der Waals surface area (Å²) in [7, 11) is 0.506. The van der Waals surface area contributed by atoms with Gasteiger partial charge in [0, 0.05) is 5.69 Å². The van der Waals surface area contributed by atoms with Crippen molar-refractivity contribution in [1.82, 2.24) is 0 Å². The SMILES string of the molecule is [B]Cc1cc(C(=O)OC(CS(=O)(=O)O)C(F)(F)F)ccc1NC(=O)OCc1ccccc1. The Balaban J connectivity index is 2.09. The number of alkyl halides is 3. The molecule has 0 aliphatic heterocycles. The third-order valence-electron chi connectivity index (χ3n) is 3.99. The van der Waals surface area contributed by atoms with E-state index in [2.05, 4.69) is 10.1 Å². The lowest BCUT2D eigenvalue weighted by Gasteiger charge is -2.20. The largest absolute Gasteiger partial charge is 0.448 e. The summed E-state index contributed by atoms with van der Waals surface area (Å²) in [5.74, 6) is -3.34. The fourth-order valence-corrected chi connectivity index (χ4v) is 3.10. The van der Waals surface area contributed by atoms with Crippen molar-refractivity contribution < 1.29 is 45.2 Å². The summed E-state index contributed by atoms with van der Waals surface area (Å²) in [6, 6.07) is 12.1. The fourth-order valence-electron chi connectivity index (χ4n) is 2.46. The molecule has 8 nitrogen and oxygen atoms in total. The summed E-state index contributed by atoms with van der Waals surface area (Å²) in [5, 5.41) is 2.41. The van der Waals surface area contributed by atoms with Crippen LogP contribution in [0.5, 0.6) is 0 Å². The Bertz CT molecular complexity index is 1060. The lowest BCUT2D eigenvalue weighted by atomic mass is 9.94. The fraction of sp³-hybridized carbons (Fsp3) is 0.263. The Morgan fingerprint density at radius 1 is 1.12 bits per heavy atom.